The zero-order valence-electron chi connectivity index (χ0n) is 10.4. The number of carbonyl (C=O) groups excluding carboxylic acids is 1. The Morgan fingerprint density at radius 3 is 2.53 bits per heavy atom. The van der Waals surface area contributed by atoms with Crippen LogP contribution >= 0.6 is 0 Å². The van der Waals surface area contributed by atoms with Crippen molar-refractivity contribution >= 4 is 23.7 Å². The van der Waals surface area contributed by atoms with Gasteiger partial charge in [-0.3, -0.25) is 4.79 Å². The third-order valence-electron chi connectivity index (χ3n) is 1.85. The maximum Gasteiger partial charge on any atom is 0.269 e. The molecule has 0 spiro atoms. The van der Waals surface area contributed by atoms with Crippen LogP contribution in [-0.4, -0.2) is 23.7 Å². The highest BCUT2D eigenvalue weighted by Crippen LogP contribution is 2.06. The summed E-state index contributed by atoms with van der Waals surface area (Å²) in [4.78, 5) is 11.5. The number of carbonyl (C=O) groups is 1. The molecule has 0 heterocycles. The van der Waals surface area contributed by atoms with Crippen LogP contribution in [0.2, 0.25) is 32.2 Å². The lowest BCUT2D eigenvalue weighted by molar-refractivity contribution is -0.124. The van der Waals surface area contributed by atoms with Crippen molar-refractivity contribution < 1.29 is 9.32 Å². The standard InChI is InChI=1S/C10H23NO2Si2/c1-9(7-6-8-14-2)10(12)11-13-15(3,4)5/h1,6-8,14H2,2-5H3,(H,11,12). The summed E-state index contributed by atoms with van der Waals surface area (Å²) in [5, 5.41) is 0. The molecule has 0 aliphatic rings. The predicted molar refractivity (Wildman–Crippen MR) is 70.2 cm³/mol. The van der Waals surface area contributed by atoms with Gasteiger partial charge in [-0.1, -0.05) is 25.6 Å². The Kier molecular flexibility index (Phi) is 6.79. The number of nitrogens with one attached hydrogen (secondary N) is 1. The summed E-state index contributed by atoms with van der Waals surface area (Å²) in [5.74, 6) is -0.157. The summed E-state index contributed by atoms with van der Waals surface area (Å²) in [7, 11) is -1.55. The first-order valence-electron chi connectivity index (χ1n) is 5.53. The molecule has 0 aromatic carbocycles. The molecule has 0 saturated heterocycles. The number of rotatable bonds is 7. The van der Waals surface area contributed by atoms with E-state index in [9.17, 15) is 4.79 Å². The summed E-state index contributed by atoms with van der Waals surface area (Å²) >= 11 is 0. The summed E-state index contributed by atoms with van der Waals surface area (Å²) < 4.78 is 5.31. The van der Waals surface area contributed by atoms with Gasteiger partial charge < -0.3 is 4.53 Å². The Hall–Kier alpha value is -0.396. The molecule has 0 fully saturated rings. The van der Waals surface area contributed by atoms with Crippen LogP contribution in [0.1, 0.15) is 12.8 Å². The van der Waals surface area contributed by atoms with Crippen molar-refractivity contribution in [2.75, 3.05) is 0 Å². The van der Waals surface area contributed by atoms with E-state index in [1.54, 1.807) is 0 Å². The van der Waals surface area contributed by atoms with E-state index in [0.717, 1.165) is 12.8 Å². The lowest BCUT2D eigenvalue weighted by Gasteiger charge is -2.17. The van der Waals surface area contributed by atoms with Crippen molar-refractivity contribution in [1.82, 2.24) is 5.48 Å². The molecular formula is C10H23NO2Si2. The fourth-order valence-electron chi connectivity index (χ4n) is 0.974. The largest absolute Gasteiger partial charge is 0.320 e. The molecule has 15 heavy (non-hydrogen) atoms. The molecule has 1 amide bonds. The van der Waals surface area contributed by atoms with Crippen LogP contribution in [0.15, 0.2) is 12.2 Å². The molecule has 0 atom stereocenters. The number of hydrogen-bond donors (Lipinski definition) is 1. The Bertz CT molecular complexity index is 224. The smallest absolute Gasteiger partial charge is 0.269 e. The fraction of sp³-hybridized carbons (Fsp3) is 0.700. The van der Waals surface area contributed by atoms with Gasteiger partial charge >= 0.3 is 0 Å². The average Bonchev–Trinajstić information content (AvgIpc) is 2.13. The maximum atomic E-state index is 11.5. The second kappa shape index (κ2) is 6.97. The van der Waals surface area contributed by atoms with Crippen molar-refractivity contribution in [2.24, 2.45) is 0 Å². The molecule has 3 nitrogen and oxygen atoms in total. The first-order chi connectivity index (χ1) is 6.87. The summed E-state index contributed by atoms with van der Waals surface area (Å²) in [6.45, 7) is 12.1. The summed E-state index contributed by atoms with van der Waals surface area (Å²) in [6.07, 6.45) is 1.88. The molecule has 5 heteroatoms. The second-order valence-corrected chi connectivity index (χ2v) is 10.8. The topological polar surface area (TPSA) is 38.3 Å². The van der Waals surface area contributed by atoms with Crippen LogP contribution in [0.3, 0.4) is 0 Å². The zero-order valence-corrected chi connectivity index (χ0v) is 12.8. The van der Waals surface area contributed by atoms with E-state index in [2.05, 4.69) is 18.6 Å². The Morgan fingerprint density at radius 1 is 1.47 bits per heavy atom. The average molecular weight is 245 g/mol. The molecule has 1 N–H and O–H groups in total. The Labute approximate surface area is 96.2 Å². The van der Waals surface area contributed by atoms with Gasteiger partial charge in [-0.25, -0.2) is 5.48 Å². The van der Waals surface area contributed by atoms with E-state index in [1.807, 2.05) is 19.6 Å². The van der Waals surface area contributed by atoms with Gasteiger partial charge in [-0.2, -0.15) is 0 Å². The van der Waals surface area contributed by atoms with E-state index < -0.39 is 8.32 Å². The third-order valence-corrected chi connectivity index (χ3v) is 3.77. The van der Waals surface area contributed by atoms with Crippen molar-refractivity contribution in [3.63, 3.8) is 0 Å². The molecule has 0 aromatic rings. The minimum atomic E-state index is -1.67. The SMILES string of the molecule is C=C(CCC[SiH2]C)C(=O)NO[Si](C)(C)C. The normalized spacial score (nSPS) is 12.0. The van der Waals surface area contributed by atoms with E-state index in [1.165, 1.54) is 6.04 Å². The summed E-state index contributed by atoms with van der Waals surface area (Å²) in [6, 6.07) is 1.28. The molecule has 0 unspecified atom stereocenters. The van der Waals surface area contributed by atoms with Crippen molar-refractivity contribution in [3.05, 3.63) is 12.2 Å². The molecule has 0 aromatic heterocycles. The van der Waals surface area contributed by atoms with E-state index in [-0.39, 0.29) is 15.4 Å². The van der Waals surface area contributed by atoms with Crippen LogP contribution < -0.4 is 5.48 Å². The van der Waals surface area contributed by atoms with Crippen LogP contribution in [0, 0.1) is 0 Å². The van der Waals surface area contributed by atoms with E-state index in [4.69, 9.17) is 4.53 Å². The number of amides is 1. The minimum absolute atomic E-state index is 0.115. The van der Waals surface area contributed by atoms with Crippen LogP contribution in [-0.2, 0) is 9.32 Å². The van der Waals surface area contributed by atoms with Gasteiger partial charge in [0.1, 0.15) is 0 Å². The van der Waals surface area contributed by atoms with Crippen LogP contribution in [0.4, 0.5) is 0 Å². The van der Waals surface area contributed by atoms with Gasteiger partial charge in [0.2, 0.25) is 8.32 Å². The molecule has 0 radical (unpaired) electrons. The fourth-order valence-corrected chi connectivity index (χ4v) is 2.12. The van der Waals surface area contributed by atoms with Crippen molar-refractivity contribution in [2.45, 2.75) is 45.1 Å². The Balaban J connectivity index is 3.75. The molecule has 88 valence electrons. The minimum Gasteiger partial charge on any atom is -0.320 e. The van der Waals surface area contributed by atoms with Gasteiger partial charge in [0.15, 0.2) is 0 Å². The zero-order chi connectivity index (χ0) is 11.9. The molecule has 0 bridgehead atoms. The lowest BCUT2D eigenvalue weighted by atomic mass is 10.2. The third kappa shape index (κ3) is 8.59. The highest BCUT2D eigenvalue weighted by molar-refractivity contribution is 6.69. The number of hydrogen-bond acceptors (Lipinski definition) is 2. The molecule has 0 aliphatic carbocycles. The first-order valence-corrected chi connectivity index (χ1v) is 11.3. The summed E-state index contributed by atoms with van der Waals surface area (Å²) in [5.41, 5.74) is 3.12. The van der Waals surface area contributed by atoms with Crippen molar-refractivity contribution in [1.29, 1.82) is 0 Å². The highest BCUT2D eigenvalue weighted by atomic mass is 28.4. The van der Waals surface area contributed by atoms with Gasteiger partial charge in [0, 0.05) is 15.1 Å². The van der Waals surface area contributed by atoms with Crippen molar-refractivity contribution in [3.8, 4) is 0 Å². The number of hydroxylamine groups is 1. The van der Waals surface area contributed by atoms with E-state index in [0.29, 0.717) is 5.57 Å². The van der Waals surface area contributed by atoms with Gasteiger partial charge in [-0.05, 0) is 26.1 Å². The second-order valence-electron chi connectivity index (χ2n) is 4.71. The molecule has 0 aliphatic heterocycles. The van der Waals surface area contributed by atoms with Gasteiger partial charge in [0.25, 0.3) is 5.91 Å². The van der Waals surface area contributed by atoms with Gasteiger partial charge in [-0.15, -0.1) is 0 Å². The predicted octanol–water partition coefficient (Wildman–Crippen LogP) is 1.84. The van der Waals surface area contributed by atoms with E-state index >= 15 is 0 Å². The molecule has 0 rings (SSSR count). The van der Waals surface area contributed by atoms with Crippen LogP contribution in [0.25, 0.3) is 0 Å². The Morgan fingerprint density at radius 2 is 2.07 bits per heavy atom. The molecular weight excluding hydrogens is 222 g/mol. The van der Waals surface area contributed by atoms with Crippen LogP contribution in [0.5, 0.6) is 0 Å². The monoisotopic (exact) mass is 245 g/mol. The van der Waals surface area contributed by atoms with Gasteiger partial charge in [0.05, 0.1) is 0 Å². The quantitative estimate of drug-likeness (QED) is 0.322. The maximum absolute atomic E-state index is 11.5. The highest BCUT2D eigenvalue weighted by Gasteiger charge is 2.17. The lowest BCUT2D eigenvalue weighted by Crippen LogP contribution is -2.37. The molecule has 0 saturated carbocycles. The first kappa shape index (κ1) is 14.6.